The minimum absolute atomic E-state index is 0.118. The van der Waals surface area contributed by atoms with Gasteiger partial charge in [0.25, 0.3) is 5.56 Å². The molecule has 8 aromatic rings. The molecule has 2 aromatic heterocycles. The van der Waals surface area contributed by atoms with E-state index in [-0.39, 0.29) is 5.56 Å². The molecule has 6 aromatic carbocycles. The smallest absolute Gasteiger partial charge is 0.264 e. The lowest BCUT2D eigenvalue weighted by molar-refractivity contribution is 0.667. The van der Waals surface area contributed by atoms with Gasteiger partial charge in [0.2, 0.25) is 0 Å². The predicted molar refractivity (Wildman–Crippen MR) is 215 cm³/mol. The van der Waals surface area contributed by atoms with Crippen molar-refractivity contribution in [3.8, 4) is 33.4 Å². The highest BCUT2D eigenvalue weighted by atomic mass is 16.1. The van der Waals surface area contributed by atoms with Gasteiger partial charge in [-0.2, -0.15) is 0 Å². The van der Waals surface area contributed by atoms with E-state index in [0.29, 0.717) is 16.7 Å². The zero-order valence-electron chi connectivity index (χ0n) is 30.0. The number of imidazole rings is 1. The Morgan fingerprint density at radius 2 is 1.33 bits per heavy atom. The van der Waals surface area contributed by atoms with Crippen molar-refractivity contribution >= 4 is 43.9 Å². The number of fused-ring (bicyclic) bond motifs is 4. The highest BCUT2D eigenvalue weighted by Crippen LogP contribution is 2.43. The van der Waals surface area contributed by atoms with Crippen LogP contribution in [0.5, 0.6) is 0 Å². The minimum atomic E-state index is -0.118. The number of nitrogens with zero attached hydrogens (tertiary/aromatic N) is 3. The molecule has 8 rings (SSSR count). The van der Waals surface area contributed by atoms with E-state index in [9.17, 15) is 4.79 Å². The van der Waals surface area contributed by atoms with E-state index in [2.05, 4.69) is 124 Å². The summed E-state index contributed by atoms with van der Waals surface area (Å²) in [5, 5.41) is 3.09. The average Bonchev–Trinajstić information content (AvgIpc) is 3.52. The van der Waals surface area contributed by atoms with Crippen molar-refractivity contribution in [2.45, 2.75) is 66.7 Å². The third-order valence-corrected chi connectivity index (χ3v) is 10.8. The number of unbranched alkanes of at least 4 members (excludes halogenated alkanes) is 3. The molecular weight excluding hydrogens is 623 g/mol. The highest BCUT2D eigenvalue weighted by molar-refractivity contribution is 6.23. The van der Waals surface area contributed by atoms with E-state index >= 15 is 0 Å². The molecule has 4 nitrogen and oxygen atoms in total. The summed E-state index contributed by atoms with van der Waals surface area (Å²) in [6.45, 7) is 19.0. The van der Waals surface area contributed by atoms with Crippen LogP contribution >= 0.6 is 0 Å². The molecule has 4 heteroatoms. The molecule has 0 unspecified atom stereocenters. The zero-order chi connectivity index (χ0) is 35.4. The van der Waals surface area contributed by atoms with Crippen LogP contribution in [0.15, 0.2) is 102 Å². The molecule has 2 heterocycles. The van der Waals surface area contributed by atoms with Gasteiger partial charge in [0.1, 0.15) is 5.65 Å². The van der Waals surface area contributed by atoms with Crippen molar-refractivity contribution in [3.05, 3.63) is 147 Å². The number of pyridine rings is 1. The number of rotatable bonds is 8. The molecule has 0 aliphatic carbocycles. The maximum atomic E-state index is 14.8. The molecule has 0 aliphatic rings. The average molecular weight is 664 g/mol. The Morgan fingerprint density at radius 3 is 2.00 bits per heavy atom. The van der Waals surface area contributed by atoms with Gasteiger partial charge in [-0.05, 0) is 119 Å². The Hall–Kier alpha value is -5.79. The first kappa shape index (κ1) is 32.4. The third-order valence-electron chi connectivity index (χ3n) is 10.8. The van der Waals surface area contributed by atoms with E-state index in [1.807, 2.05) is 16.5 Å². The monoisotopic (exact) mass is 663 g/mol. The van der Waals surface area contributed by atoms with Gasteiger partial charge in [0.05, 0.1) is 17.6 Å². The molecule has 0 aliphatic heterocycles. The van der Waals surface area contributed by atoms with Gasteiger partial charge >= 0.3 is 0 Å². The summed E-state index contributed by atoms with van der Waals surface area (Å²) >= 11 is 0. The van der Waals surface area contributed by atoms with Crippen LogP contribution in [0.1, 0.15) is 60.4 Å². The van der Waals surface area contributed by atoms with Crippen molar-refractivity contribution in [2.24, 2.45) is 0 Å². The number of hydrogen-bond donors (Lipinski definition) is 0. The van der Waals surface area contributed by atoms with Crippen LogP contribution in [0.4, 0.5) is 5.69 Å². The second kappa shape index (κ2) is 12.8. The van der Waals surface area contributed by atoms with Crippen molar-refractivity contribution < 1.29 is 0 Å². The van der Waals surface area contributed by atoms with Crippen LogP contribution in [0.25, 0.3) is 76.5 Å². The van der Waals surface area contributed by atoms with Crippen molar-refractivity contribution in [2.75, 3.05) is 0 Å². The first-order chi connectivity index (χ1) is 24.8. The lowest BCUT2D eigenvalue weighted by Crippen LogP contribution is -2.13. The van der Waals surface area contributed by atoms with Gasteiger partial charge in [-0.25, -0.2) is 9.83 Å². The summed E-state index contributed by atoms with van der Waals surface area (Å²) in [4.78, 5) is 24.1. The molecule has 250 valence electrons. The van der Waals surface area contributed by atoms with Crippen molar-refractivity contribution in [1.82, 2.24) is 9.38 Å². The number of aromatic nitrogens is 2. The summed E-state index contributed by atoms with van der Waals surface area (Å²) in [5.74, 6) is 0. The van der Waals surface area contributed by atoms with Gasteiger partial charge in [-0.1, -0.05) is 111 Å². The molecule has 0 atom stereocenters. The summed E-state index contributed by atoms with van der Waals surface area (Å²) < 4.78 is 1.81. The van der Waals surface area contributed by atoms with Crippen LogP contribution in [-0.4, -0.2) is 9.38 Å². The highest BCUT2D eigenvalue weighted by Gasteiger charge is 2.23. The SMILES string of the molecule is [C-]#[N+]c1ccc2c(=O)n3c4cc(-c5c(C)cccc5C)cc(-c5c(C)cccc5C)c4nc3c3ccc(-c4ccc(CCCCCC)cc4)c1c23. The number of benzene rings is 6. The predicted octanol–water partition coefficient (Wildman–Crippen LogP) is 12.5. The van der Waals surface area contributed by atoms with Gasteiger partial charge in [-0.3, -0.25) is 9.20 Å². The molecule has 0 saturated carbocycles. The van der Waals surface area contributed by atoms with Crippen LogP contribution in [0.3, 0.4) is 0 Å². The Labute approximate surface area is 299 Å². The Balaban J connectivity index is 1.43. The third kappa shape index (κ3) is 5.27. The molecule has 0 radical (unpaired) electrons. The lowest BCUT2D eigenvalue weighted by Gasteiger charge is -2.15. The summed E-state index contributed by atoms with van der Waals surface area (Å²) in [7, 11) is 0. The molecule has 51 heavy (non-hydrogen) atoms. The molecule has 0 amide bonds. The second-order valence-corrected chi connectivity index (χ2v) is 14.2. The Bertz CT molecular complexity index is 2700. The van der Waals surface area contributed by atoms with Crippen LogP contribution in [0.2, 0.25) is 0 Å². The molecule has 0 fully saturated rings. The zero-order valence-corrected chi connectivity index (χ0v) is 30.0. The first-order valence-electron chi connectivity index (χ1n) is 18.1. The molecule has 0 N–H and O–H groups in total. The van der Waals surface area contributed by atoms with E-state index in [4.69, 9.17) is 11.6 Å². The second-order valence-electron chi connectivity index (χ2n) is 14.2. The fourth-order valence-electron chi connectivity index (χ4n) is 8.31. The van der Waals surface area contributed by atoms with Gasteiger partial charge in [0.15, 0.2) is 5.69 Å². The minimum Gasteiger partial charge on any atom is -0.268 e. The normalized spacial score (nSPS) is 11.7. The number of aryl methyl sites for hydroxylation is 5. The standard InChI is InChI=1S/C47H41N3O/c1-7-8-9-10-17-32-18-20-33(21-19-32)35-22-23-36-43-37(24-25-39(48-6)44(35)43)47(51)50-40-27-34(41-28(2)13-11-14-29(41)3)26-38(45(40)49-46(36)50)42-30(4)15-12-16-31(42)5/h11-16,18-27H,7-10,17H2,1-5H3. The number of hydrogen-bond acceptors (Lipinski definition) is 2. The quantitative estimate of drug-likeness (QED) is 0.120. The maximum Gasteiger partial charge on any atom is 0.264 e. The van der Waals surface area contributed by atoms with Gasteiger partial charge < -0.3 is 0 Å². The molecule has 0 spiro atoms. The van der Waals surface area contributed by atoms with Crippen LogP contribution in [-0.2, 0) is 6.42 Å². The van der Waals surface area contributed by atoms with Crippen molar-refractivity contribution in [1.29, 1.82) is 0 Å². The topological polar surface area (TPSA) is 38.7 Å². The van der Waals surface area contributed by atoms with Crippen LogP contribution < -0.4 is 5.56 Å². The van der Waals surface area contributed by atoms with Crippen molar-refractivity contribution in [3.63, 3.8) is 0 Å². The van der Waals surface area contributed by atoms with Crippen LogP contribution in [0, 0.1) is 34.3 Å². The largest absolute Gasteiger partial charge is 0.268 e. The van der Waals surface area contributed by atoms with E-state index in [1.54, 1.807) is 0 Å². The van der Waals surface area contributed by atoms with E-state index < -0.39 is 0 Å². The fraction of sp³-hybridized carbons (Fsp3) is 0.213. The summed E-state index contributed by atoms with van der Waals surface area (Å²) in [6, 6.07) is 33.8. The lowest BCUT2D eigenvalue weighted by atomic mass is 9.89. The molecule has 0 saturated heterocycles. The summed E-state index contributed by atoms with van der Waals surface area (Å²) in [6.07, 6.45) is 6.01. The fourth-order valence-corrected chi connectivity index (χ4v) is 8.31. The molecular formula is C47H41N3O. The Kier molecular flexibility index (Phi) is 8.16. The van der Waals surface area contributed by atoms with E-state index in [1.165, 1.54) is 47.9 Å². The van der Waals surface area contributed by atoms with E-state index in [0.717, 1.165) is 72.6 Å². The molecule has 0 bridgehead atoms. The Morgan fingerprint density at radius 1 is 0.667 bits per heavy atom. The van der Waals surface area contributed by atoms with Gasteiger partial charge in [0, 0.05) is 16.3 Å². The van der Waals surface area contributed by atoms with Gasteiger partial charge in [-0.15, -0.1) is 0 Å². The maximum absolute atomic E-state index is 14.8. The first-order valence-corrected chi connectivity index (χ1v) is 18.1. The summed E-state index contributed by atoms with van der Waals surface area (Å²) in [5.41, 5.74) is 15.1.